The van der Waals surface area contributed by atoms with Crippen LogP contribution < -0.4 is 10.0 Å². The Morgan fingerprint density at radius 2 is 1.90 bits per heavy atom. The van der Waals surface area contributed by atoms with Gasteiger partial charge >= 0.3 is 0 Å². The van der Waals surface area contributed by atoms with Crippen LogP contribution in [0.4, 0.5) is 0 Å². The Bertz CT molecular complexity index is 504. The summed E-state index contributed by atoms with van der Waals surface area (Å²) in [5, 5.41) is 3.09. The summed E-state index contributed by atoms with van der Waals surface area (Å²) in [6.45, 7) is 8.50. The van der Waals surface area contributed by atoms with Crippen LogP contribution in [0.1, 0.15) is 25.6 Å². The van der Waals surface area contributed by atoms with E-state index in [-0.39, 0.29) is 5.41 Å². The van der Waals surface area contributed by atoms with Gasteiger partial charge in [-0.3, -0.25) is 0 Å². The third kappa shape index (κ3) is 5.49. The third-order valence-electron chi connectivity index (χ3n) is 2.66. The molecule has 0 unspecified atom stereocenters. The molecule has 5 nitrogen and oxygen atoms in total. The van der Waals surface area contributed by atoms with Crippen molar-refractivity contribution in [3.05, 3.63) is 17.0 Å². The first-order valence-electron chi connectivity index (χ1n) is 6.57. The topological polar surface area (TPSA) is 67.4 Å². The molecule has 0 radical (unpaired) electrons. The molecule has 1 aromatic rings. The van der Waals surface area contributed by atoms with Gasteiger partial charge in [0, 0.05) is 31.6 Å². The molecule has 0 saturated heterocycles. The first kappa shape index (κ1) is 17.6. The highest BCUT2D eigenvalue weighted by molar-refractivity contribution is 7.91. The first-order chi connectivity index (χ1) is 9.27. The van der Waals surface area contributed by atoms with E-state index in [0.29, 0.717) is 30.5 Å². The fourth-order valence-corrected chi connectivity index (χ4v) is 3.95. The summed E-state index contributed by atoms with van der Waals surface area (Å²) in [4.78, 5) is 1.07. The first-order valence-corrected chi connectivity index (χ1v) is 8.87. The molecule has 116 valence electrons. The number of methoxy groups -OCH3 is 1. The van der Waals surface area contributed by atoms with Crippen LogP contribution in [0.3, 0.4) is 0 Å². The standard InChI is InChI=1S/C13H24N2O3S2/c1-13(2,3)11-5-6-12(19-11)20(16,17)15-8-7-14-9-10-18-4/h5-6,14-15H,7-10H2,1-4H3. The van der Waals surface area contributed by atoms with Crippen molar-refractivity contribution in [3.8, 4) is 0 Å². The Balaban J connectivity index is 2.50. The van der Waals surface area contributed by atoms with Gasteiger partial charge in [-0.15, -0.1) is 11.3 Å². The lowest BCUT2D eigenvalue weighted by molar-refractivity contribution is 0.199. The van der Waals surface area contributed by atoms with Gasteiger partial charge < -0.3 is 10.1 Å². The Morgan fingerprint density at radius 3 is 2.45 bits per heavy atom. The van der Waals surface area contributed by atoms with E-state index in [2.05, 4.69) is 30.8 Å². The van der Waals surface area contributed by atoms with Crippen molar-refractivity contribution in [1.82, 2.24) is 10.0 Å². The number of nitrogens with one attached hydrogen (secondary N) is 2. The predicted octanol–water partition coefficient (Wildman–Crippen LogP) is 1.56. The Hall–Kier alpha value is -0.470. The van der Waals surface area contributed by atoms with Crippen LogP contribution in [0, 0.1) is 0 Å². The molecule has 0 bridgehead atoms. The van der Waals surface area contributed by atoms with Crippen molar-refractivity contribution in [2.24, 2.45) is 0 Å². The quantitative estimate of drug-likeness (QED) is 0.713. The second kappa shape index (κ2) is 7.51. The van der Waals surface area contributed by atoms with E-state index in [1.54, 1.807) is 13.2 Å². The minimum Gasteiger partial charge on any atom is -0.383 e. The van der Waals surface area contributed by atoms with Crippen LogP contribution in [-0.2, 0) is 20.2 Å². The van der Waals surface area contributed by atoms with Gasteiger partial charge in [-0.1, -0.05) is 20.8 Å². The Morgan fingerprint density at radius 1 is 1.20 bits per heavy atom. The molecule has 20 heavy (non-hydrogen) atoms. The van der Waals surface area contributed by atoms with Crippen molar-refractivity contribution >= 4 is 21.4 Å². The van der Waals surface area contributed by atoms with E-state index in [1.807, 2.05) is 6.07 Å². The minimum atomic E-state index is -3.40. The molecule has 7 heteroatoms. The zero-order chi connectivity index (χ0) is 15.2. The summed E-state index contributed by atoms with van der Waals surface area (Å²) < 4.78 is 32.1. The molecule has 0 aliphatic carbocycles. The maximum atomic E-state index is 12.1. The van der Waals surface area contributed by atoms with E-state index < -0.39 is 10.0 Å². The summed E-state index contributed by atoms with van der Waals surface area (Å²) in [7, 11) is -1.76. The van der Waals surface area contributed by atoms with Gasteiger partial charge in [-0.05, 0) is 17.5 Å². The van der Waals surface area contributed by atoms with Gasteiger partial charge in [0.05, 0.1) is 6.61 Å². The largest absolute Gasteiger partial charge is 0.383 e. The summed E-state index contributed by atoms with van der Waals surface area (Å²) in [5.74, 6) is 0. The second-order valence-corrected chi connectivity index (χ2v) is 8.59. The highest BCUT2D eigenvalue weighted by atomic mass is 32.2. The average molecular weight is 320 g/mol. The molecule has 1 heterocycles. The second-order valence-electron chi connectivity index (χ2n) is 5.51. The van der Waals surface area contributed by atoms with Crippen LogP contribution in [0.5, 0.6) is 0 Å². The van der Waals surface area contributed by atoms with E-state index in [4.69, 9.17) is 4.74 Å². The highest BCUT2D eigenvalue weighted by Gasteiger charge is 2.21. The fourth-order valence-electron chi connectivity index (χ4n) is 1.51. The highest BCUT2D eigenvalue weighted by Crippen LogP contribution is 2.31. The van der Waals surface area contributed by atoms with Crippen LogP contribution in [0.2, 0.25) is 0 Å². The predicted molar refractivity (Wildman–Crippen MR) is 83.0 cm³/mol. The molecule has 0 spiro atoms. The van der Waals surface area contributed by atoms with Crippen LogP contribution in [0.25, 0.3) is 0 Å². The van der Waals surface area contributed by atoms with E-state index >= 15 is 0 Å². The molecule has 2 N–H and O–H groups in total. The van der Waals surface area contributed by atoms with Crippen molar-refractivity contribution in [2.45, 2.75) is 30.4 Å². The fraction of sp³-hybridized carbons (Fsp3) is 0.692. The maximum absolute atomic E-state index is 12.1. The van der Waals surface area contributed by atoms with E-state index in [1.165, 1.54) is 11.3 Å². The maximum Gasteiger partial charge on any atom is 0.250 e. The average Bonchev–Trinajstić information content (AvgIpc) is 2.83. The van der Waals surface area contributed by atoms with Crippen LogP contribution in [0.15, 0.2) is 16.3 Å². The van der Waals surface area contributed by atoms with Crippen molar-refractivity contribution < 1.29 is 13.2 Å². The number of hydrogen-bond acceptors (Lipinski definition) is 5. The molecule has 0 atom stereocenters. The summed E-state index contributed by atoms with van der Waals surface area (Å²) >= 11 is 1.33. The molecular weight excluding hydrogens is 296 g/mol. The van der Waals surface area contributed by atoms with Crippen molar-refractivity contribution in [3.63, 3.8) is 0 Å². The lowest BCUT2D eigenvalue weighted by Gasteiger charge is -2.15. The number of ether oxygens (including phenoxy) is 1. The minimum absolute atomic E-state index is 0.0276. The van der Waals surface area contributed by atoms with Gasteiger partial charge in [0.1, 0.15) is 4.21 Å². The van der Waals surface area contributed by atoms with Crippen molar-refractivity contribution in [2.75, 3.05) is 33.4 Å². The normalized spacial score (nSPS) is 12.8. The van der Waals surface area contributed by atoms with Crippen LogP contribution >= 0.6 is 11.3 Å². The van der Waals surface area contributed by atoms with E-state index in [9.17, 15) is 8.42 Å². The van der Waals surface area contributed by atoms with Gasteiger partial charge in [0.15, 0.2) is 0 Å². The lowest BCUT2D eigenvalue weighted by atomic mass is 9.95. The summed E-state index contributed by atoms with van der Waals surface area (Å²) in [6.07, 6.45) is 0. The molecule has 1 rings (SSSR count). The SMILES string of the molecule is COCCNCCNS(=O)(=O)c1ccc(C(C)(C)C)s1. The molecule has 1 aromatic heterocycles. The Kier molecular flexibility index (Phi) is 6.60. The summed E-state index contributed by atoms with van der Waals surface area (Å²) in [5.41, 5.74) is -0.0276. The molecule has 0 amide bonds. The van der Waals surface area contributed by atoms with Crippen LogP contribution in [-0.4, -0.2) is 41.8 Å². The Labute approximate surface area is 125 Å². The van der Waals surface area contributed by atoms with Gasteiger partial charge in [0.25, 0.3) is 0 Å². The third-order valence-corrected chi connectivity index (χ3v) is 6.13. The van der Waals surface area contributed by atoms with Gasteiger partial charge in [-0.25, -0.2) is 13.1 Å². The monoisotopic (exact) mass is 320 g/mol. The smallest absolute Gasteiger partial charge is 0.250 e. The molecule has 0 saturated carbocycles. The lowest BCUT2D eigenvalue weighted by Crippen LogP contribution is -2.32. The van der Waals surface area contributed by atoms with Crippen molar-refractivity contribution in [1.29, 1.82) is 0 Å². The van der Waals surface area contributed by atoms with Gasteiger partial charge in [-0.2, -0.15) is 0 Å². The molecule has 0 aromatic carbocycles. The van der Waals surface area contributed by atoms with Gasteiger partial charge in [0.2, 0.25) is 10.0 Å². The molecular formula is C13H24N2O3S2. The number of sulfonamides is 1. The zero-order valence-corrected chi connectivity index (χ0v) is 14.2. The molecule has 0 aliphatic rings. The van der Waals surface area contributed by atoms with E-state index in [0.717, 1.165) is 4.88 Å². The molecule has 0 aliphatic heterocycles. The summed E-state index contributed by atoms with van der Waals surface area (Å²) in [6, 6.07) is 3.56. The number of thiophene rings is 1. The number of rotatable bonds is 8. The zero-order valence-electron chi connectivity index (χ0n) is 12.5. The number of hydrogen-bond donors (Lipinski definition) is 2. The molecule has 0 fully saturated rings.